The Balaban J connectivity index is 3.10. The largest absolute Gasteiger partial charge is 0.0864 e. The van der Waals surface area contributed by atoms with E-state index < -0.39 is 0 Å². The van der Waals surface area contributed by atoms with E-state index in [1.807, 2.05) is 21.6 Å². The lowest BCUT2D eigenvalue weighted by Gasteiger charge is -2.02. The van der Waals surface area contributed by atoms with Gasteiger partial charge in [0.15, 0.2) is 0 Å². The van der Waals surface area contributed by atoms with Crippen LogP contribution in [0, 0.1) is 0 Å². The fraction of sp³-hybridized carbons (Fsp3) is 0.750. The molecule has 0 heterocycles. The summed E-state index contributed by atoms with van der Waals surface area (Å²) >= 11 is 0. The van der Waals surface area contributed by atoms with Crippen molar-refractivity contribution >= 4 is 21.6 Å². The molecule has 0 aromatic heterocycles. The first kappa shape index (κ1) is 10.4. The molecule has 1 atom stereocenters. The van der Waals surface area contributed by atoms with Crippen LogP contribution < -0.4 is 0 Å². The van der Waals surface area contributed by atoms with Crippen LogP contribution in [0.5, 0.6) is 0 Å². The van der Waals surface area contributed by atoms with Gasteiger partial charge >= 0.3 is 0 Å². The highest BCUT2D eigenvalue weighted by atomic mass is 33.1. The maximum Gasteiger partial charge on any atom is 0.0123 e. The van der Waals surface area contributed by atoms with Crippen LogP contribution in [0.3, 0.4) is 0 Å². The summed E-state index contributed by atoms with van der Waals surface area (Å²) < 4.78 is 0. The maximum atomic E-state index is 2.26. The molecule has 0 N–H and O–H groups in total. The Morgan fingerprint density at radius 2 is 2.10 bits per heavy atom. The third-order valence-electron chi connectivity index (χ3n) is 1.18. The molecule has 0 aliphatic carbocycles. The Morgan fingerprint density at radius 1 is 1.40 bits per heavy atom. The lowest BCUT2D eigenvalue weighted by molar-refractivity contribution is 0.912. The number of hydrogen-bond donors (Lipinski definition) is 0. The highest BCUT2D eigenvalue weighted by molar-refractivity contribution is 8.78. The van der Waals surface area contributed by atoms with Crippen molar-refractivity contribution in [3.63, 3.8) is 0 Å². The molecular weight excluding hydrogens is 160 g/mol. The van der Waals surface area contributed by atoms with Gasteiger partial charge in [-0.3, -0.25) is 0 Å². The monoisotopic (exact) mass is 176 g/mol. The van der Waals surface area contributed by atoms with Crippen LogP contribution in [0.4, 0.5) is 0 Å². The van der Waals surface area contributed by atoms with Gasteiger partial charge in [-0.05, 0) is 18.2 Å². The van der Waals surface area contributed by atoms with Gasteiger partial charge in [0.2, 0.25) is 0 Å². The second kappa shape index (κ2) is 7.55. The van der Waals surface area contributed by atoms with Gasteiger partial charge in [-0.15, -0.1) is 0 Å². The molecule has 2 heteroatoms. The zero-order valence-electron chi connectivity index (χ0n) is 6.96. The summed E-state index contributed by atoms with van der Waals surface area (Å²) in [5.41, 5.74) is 0. The fourth-order valence-electron chi connectivity index (χ4n) is 0.330. The summed E-state index contributed by atoms with van der Waals surface area (Å²) in [4.78, 5) is 0. The van der Waals surface area contributed by atoms with E-state index >= 15 is 0 Å². The Morgan fingerprint density at radius 3 is 2.60 bits per heavy atom. The van der Waals surface area contributed by atoms with E-state index in [1.165, 1.54) is 6.42 Å². The van der Waals surface area contributed by atoms with Gasteiger partial charge in [0.05, 0.1) is 0 Å². The standard InChI is InChI=1S/C8H16S2/c1-4-6-7-9-10-8(3)5-2/h6-8H,4-5H2,1-3H3. The molecule has 0 aromatic carbocycles. The molecule has 0 aliphatic rings. The molecule has 0 nitrogen and oxygen atoms in total. The highest BCUT2D eigenvalue weighted by Crippen LogP contribution is 2.29. The van der Waals surface area contributed by atoms with Crippen LogP contribution in [-0.4, -0.2) is 5.25 Å². The topological polar surface area (TPSA) is 0 Å². The third-order valence-corrected chi connectivity index (χ3v) is 3.91. The first-order chi connectivity index (χ1) is 4.81. The van der Waals surface area contributed by atoms with Crippen molar-refractivity contribution in [2.45, 2.75) is 38.9 Å². The first-order valence-electron chi connectivity index (χ1n) is 3.78. The fourth-order valence-corrected chi connectivity index (χ4v) is 2.40. The Kier molecular flexibility index (Phi) is 7.88. The lowest BCUT2D eigenvalue weighted by atomic mass is 10.4. The van der Waals surface area contributed by atoms with E-state index in [1.54, 1.807) is 0 Å². The molecule has 10 heavy (non-hydrogen) atoms. The van der Waals surface area contributed by atoms with Crippen molar-refractivity contribution in [3.8, 4) is 0 Å². The minimum absolute atomic E-state index is 0.784. The van der Waals surface area contributed by atoms with Gasteiger partial charge < -0.3 is 0 Å². The normalized spacial score (nSPS) is 14.3. The third kappa shape index (κ3) is 6.56. The quantitative estimate of drug-likeness (QED) is 0.579. The molecule has 0 saturated carbocycles. The van der Waals surface area contributed by atoms with Crippen molar-refractivity contribution < 1.29 is 0 Å². The molecule has 1 unspecified atom stereocenters. The molecule has 0 spiro atoms. The van der Waals surface area contributed by atoms with Crippen molar-refractivity contribution in [2.75, 3.05) is 0 Å². The zero-order chi connectivity index (χ0) is 7.82. The average Bonchev–Trinajstić information content (AvgIpc) is 1.98. The number of allylic oxidation sites excluding steroid dienone is 1. The van der Waals surface area contributed by atoms with Gasteiger partial charge in [0.1, 0.15) is 0 Å². The predicted octanol–water partition coefficient (Wildman–Crippen LogP) is 4.09. The Hall–Kier alpha value is 0.440. The molecule has 0 rings (SSSR count). The van der Waals surface area contributed by atoms with Crippen molar-refractivity contribution in [3.05, 3.63) is 11.5 Å². The van der Waals surface area contributed by atoms with Gasteiger partial charge in [-0.25, -0.2) is 0 Å². The first-order valence-corrected chi connectivity index (χ1v) is 6.06. The van der Waals surface area contributed by atoms with E-state index in [-0.39, 0.29) is 0 Å². The molecular formula is C8H16S2. The molecule has 0 aliphatic heterocycles. The Bertz CT molecular complexity index is 89.3. The molecule has 0 aromatic rings. The van der Waals surface area contributed by atoms with E-state index in [2.05, 4.69) is 32.3 Å². The minimum atomic E-state index is 0.784. The highest BCUT2D eigenvalue weighted by Gasteiger charge is 1.95. The Labute approximate surface area is 72.3 Å². The van der Waals surface area contributed by atoms with Crippen LogP contribution in [0.2, 0.25) is 0 Å². The number of hydrogen-bond acceptors (Lipinski definition) is 2. The van der Waals surface area contributed by atoms with Crippen molar-refractivity contribution in [1.29, 1.82) is 0 Å². The zero-order valence-corrected chi connectivity index (χ0v) is 8.60. The van der Waals surface area contributed by atoms with E-state index in [4.69, 9.17) is 0 Å². The lowest BCUT2D eigenvalue weighted by Crippen LogP contribution is -1.87. The van der Waals surface area contributed by atoms with Crippen molar-refractivity contribution in [1.82, 2.24) is 0 Å². The summed E-state index contributed by atoms with van der Waals surface area (Å²) in [5, 5.41) is 2.96. The maximum absolute atomic E-state index is 2.26. The summed E-state index contributed by atoms with van der Waals surface area (Å²) in [7, 11) is 3.79. The summed E-state index contributed by atoms with van der Waals surface area (Å²) in [6.07, 6.45) is 4.60. The second-order valence-corrected chi connectivity index (χ2v) is 4.81. The van der Waals surface area contributed by atoms with Crippen LogP contribution in [0.15, 0.2) is 11.5 Å². The molecule has 0 bridgehead atoms. The van der Waals surface area contributed by atoms with Crippen LogP contribution in [0.25, 0.3) is 0 Å². The van der Waals surface area contributed by atoms with E-state index in [9.17, 15) is 0 Å². The molecule has 0 radical (unpaired) electrons. The van der Waals surface area contributed by atoms with E-state index in [0.29, 0.717) is 0 Å². The predicted molar refractivity (Wildman–Crippen MR) is 54.4 cm³/mol. The van der Waals surface area contributed by atoms with Gasteiger partial charge in [-0.1, -0.05) is 48.4 Å². The van der Waals surface area contributed by atoms with Gasteiger partial charge in [-0.2, -0.15) is 0 Å². The minimum Gasteiger partial charge on any atom is -0.0864 e. The van der Waals surface area contributed by atoms with Crippen LogP contribution >= 0.6 is 21.6 Å². The second-order valence-electron chi connectivity index (χ2n) is 2.19. The average molecular weight is 176 g/mol. The van der Waals surface area contributed by atoms with Crippen LogP contribution in [0.1, 0.15) is 33.6 Å². The SMILES string of the molecule is CCC=CSSC(C)CC. The van der Waals surface area contributed by atoms with Crippen LogP contribution in [-0.2, 0) is 0 Å². The number of rotatable bonds is 5. The summed E-state index contributed by atoms with van der Waals surface area (Å²) in [6, 6.07) is 0. The molecule has 0 saturated heterocycles. The van der Waals surface area contributed by atoms with Crippen molar-refractivity contribution in [2.24, 2.45) is 0 Å². The van der Waals surface area contributed by atoms with Gasteiger partial charge in [0, 0.05) is 5.25 Å². The van der Waals surface area contributed by atoms with Gasteiger partial charge in [0.25, 0.3) is 0 Å². The van der Waals surface area contributed by atoms with E-state index in [0.717, 1.165) is 11.7 Å². The molecule has 60 valence electrons. The molecule has 0 fully saturated rings. The smallest absolute Gasteiger partial charge is 0.0123 e. The molecule has 0 amide bonds. The summed E-state index contributed by atoms with van der Waals surface area (Å²) in [6.45, 7) is 6.64. The summed E-state index contributed by atoms with van der Waals surface area (Å²) in [5.74, 6) is 0.